The summed E-state index contributed by atoms with van der Waals surface area (Å²) in [4.78, 5) is 0.893. The SMILES string of the molecule is CC(C)Oc1cc(SC2CCOCC2)c(N)cc1F. The van der Waals surface area contributed by atoms with Gasteiger partial charge in [0.2, 0.25) is 0 Å². The zero-order valence-corrected chi connectivity index (χ0v) is 12.1. The summed E-state index contributed by atoms with van der Waals surface area (Å²) in [5, 5.41) is 0.480. The van der Waals surface area contributed by atoms with Crippen molar-refractivity contribution >= 4 is 17.4 Å². The Balaban J connectivity index is 2.14. The molecule has 1 aromatic carbocycles. The molecule has 5 heteroatoms. The molecule has 0 bridgehead atoms. The van der Waals surface area contributed by atoms with Gasteiger partial charge in [0, 0.05) is 35.1 Å². The van der Waals surface area contributed by atoms with Gasteiger partial charge in [-0.15, -0.1) is 11.8 Å². The highest BCUT2D eigenvalue weighted by Gasteiger charge is 2.18. The molecule has 2 N–H and O–H groups in total. The van der Waals surface area contributed by atoms with E-state index < -0.39 is 5.82 Å². The number of rotatable bonds is 4. The van der Waals surface area contributed by atoms with E-state index in [-0.39, 0.29) is 11.9 Å². The number of ether oxygens (including phenoxy) is 2. The first kappa shape index (κ1) is 14.5. The fraction of sp³-hybridized carbons (Fsp3) is 0.571. The molecule has 0 amide bonds. The maximum absolute atomic E-state index is 13.7. The van der Waals surface area contributed by atoms with Gasteiger partial charge in [-0.1, -0.05) is 0 Å². The largest absolute Gasteiger partial charge is 0.488 e. The van der Waals surface area contributed by atoms with Gasteiger partial charge in [-0.2, -0.15) is 0 Å². The van der Waals surface area contributed by atoms with E-state index >= 15 is 0 Å². The van der Waals surface area contributed by atoms with Crippen molar-refractivity contribution in [3.63, 3.8) is 0 Å². The first-order chi connectivity index (χ1) is 9.06. The van der Waals surface area contributed by atoms with Crippen LogP contribution >= 0.6 is 11.8 Å². The minimum atomic E-state index is -0.400. The summed E-state index contributed by atoms with van der Waals surface area (Å²) in [5.41, 5.74) is 6.37. The second-order valence-electron chi connectivity index (χ2n) is 4.92. The summed E-state index contributed by atoms with van der Waals surface area (Å²) in [6.45, 7) is 5.32. The zero-order chi connectivity index (χ0) is 13.8. The van der Waals surface area contributed by atoms with E-state index in [1.165, 1.54) is 6.07 Å². The predicted molar refractivity (Wildman–Crippen MR) is 76.3 cm³/mol. The van der Waals surface area contributed by atoms with Gasteiger partial charge in [-0.3, -0.25) is 0 Å². The third-order valence-corrected chi connectivity index (χ3v) is 4.30. The number of hydrogen-bond acceptors (Lipinski definition) is 4. The fourth-order valence-corrected chi connectivity index (χ4v) is 3.13. The molecule has 0 radical (unpaired) electrons. The summed E-state index contributed by atoms with van der Waals surface area (Å²) in [6.07, 6.45) is 1.95. The molecule has 0 unspecified atom stereocenters. The van der Waals surface area contributed by atoms with Gasteiger partial charge < -0.3 is 15.2 Å². The molecule has 3 nitrogen and oxygen atoms in total. The van der Waals surface area contributed by atoms with E-state index in [2.05, 4.69) is 0 Å². The summed E-state index contributed by atoms with van der Waals surface area (Å²) in [7, 11) is 0. The lowest BCUT2D eigenvalue weighted by molar-refractivity contribution is 0.100. The van der Waals surface area contributed by atoms with Crippen LogP contribution in [0.15, 0.2) is 17.0 Å². The van der Waals surface area contributed by atoms with Crippen molar-refractivity contribution in [1.29, 1.82) is 0 Å². The van der Waals surface area contributed by atoms with Crippen LogP contribution in [0.1, 0.15) is 26.7 Å². The molecule has 1 aliphatic rings. The van der Waals surface area contributed by atoms with Crippen LogP contribution in [-0.4, -0.2) is 24.6 Å². The van der Waals surface area contributed by atoms with Crippen LogP contribution in [0.3, 0.4) is 0 Å². The van der Waals surface area contributed by atoms with Crippen molar-refractivity contribution in [3.05, 3.63) is 17.9 Å². The third kappa shape index (κ3) is 4.01. The Hall–Kier alpha value is -0.940. The molecule has 1 heterocycles. The average molecular weight is 285 g/mol. The number of benzene rings is 1. The summed E-state index contributed by atoms with van der Waals surface area (Å²) in [5.74, 6) is -0.124. The Kier molecular flexibility index (Phi) is 4.93. The van der Waals surface area contributed by atoms with Crippen LogP contribution in [0.5, 0.6) is 5.75 Å². The molecule has 0 aromatic heterocycles. The molecule has 0 saturated carbocycles. The number of nitrogens with two attached hydrogens (primary N) is 1. The summed E-state index contributed by atoms with van der Waals surface area (Å²) < 4.78 is 24.5. The Morgan fingerprint density at radius 2 is 2.05 bits per heavy atom. The lowest BCUT2D eigenvalue weighted by Crippen LogP contribution is -2.17. The molecule has 1 aromatic rings. The molecule has 1 saturated heterocycles. The van der Waals surface area contributed by atoms with Gasteiger partial charge in [0.1, 0.15) is 0 Å². The number of hydrogen-bond donors (Lipinski definition) is 1. The summed E-state index contributed by atoms with van der Waals surface area (Å²) >= 11 is 1.69. The van der Waals surface area contributed by atoms with Crippen molar-refractivity contribution in [3.8, 4) is 5.75 Å². The third-order valence-electron chi connectivity index (χ3n) is 2.89. The fourth-order valence-electron chi connectivity index (χ4n) is 1.97. The second-order valence-corrected chi connectivity index (χ2v) is 6.26. The highest BCUT2D eigenvalue weighted by molar-refractivity contribution is 8.00. The number of halogens is 1. The molecule has 0 atom stereocenters. The summed E-state index contributed by atoms with van der Waals surface area (Å²) in [6, 6.07) is 3.06. The van der Waals surface area contributed by atoms with E-state index in [1.54, 1.807) is 17.8 Å². The molecule has 1 aliphatic heterocycles. The van der Waals surface area contributed by atoms with E-state index in [0.29, 0.717) is 10.9 Å². The highest BCUT2D eigenvalue weighted by Crippen LogP contribution is 2.37. The van der Waals surface area contributed by atoms with Gasteiger partial charge in [0.05, 0.1) is 6.10 Å². The number of thioether (sulfide) groups is 1. The molecule has 0 aliphatic carbocycles. The maximum atomic E-state index is 13.7. The van der Waals surface area contributed by atoms with E-state index in [9.17, 15) is 4.39 Å². The lowest BCUT2D eigenvalue weighted by atomic mass is 10.2. The zero-order valence-electron chi connectivity index (χ0n) is 11.3. The van der Waals surface area contributed by atoms with Crippen LogP contribution in [0.25, 0.3) is 0 Å². The van der Waals surface area contributed by atoms with Crippen LogP contribution in [0, 0.1) is 5.82 Å². The predicted octanol–water partition coefficient (Wildman–Crippen LogP) is 3.47. The normalized spacial score (nSPS) is 16.8. The van der Waals surface area contributed by atoms with Crippen molar-refractivity contribution in [2.24, 2.45) is 0 Å². The van der Waals surface area contributed by atoms with Gasteiger partial charge >= 0.3 is 0 Å². The van der Waals surface area contributed by atoms with Crippen LogP contribution in [-0.2, 0) is 4.74 Å². The first-order valence-electron chi connectivity index (χ1n) is 6.56. The molecule has 1 fully saturated rings. The van der Waals surface area contributed by atoms with E-state index in [4.69, 9.17) is 15.2 Å². The Bertz CT molecular complexity index is 434. The highest BCUT2D eigenvalue weighted by atomic mass is 32.2. The quantitative estimate of drug-likeness (QED) is 0.860. The molecule has 19 heavy (non-hydrogen) atoms. The van der Waals surface area contributed by atoms with E-state index in [0.717, 1.165) is 31.0 Å². The lowest BCUT2D eigenvalue weighted by Gasteiger charge is -2.22. The van der Waals surface area contributed by atoms with Gasteiger partial charge in [0.25, 0.3) is 0 Å². The maximum Gasteiger partial charge on any atom is 0.167 e. The van der Waals surface area contributed by atoms with Crippen LogP contribution in [0.2, 0.25) is 0 Å². The number of nitrogen functional groups attached to an aromatic ring is 1. The van der Waals surface area contributed by atoms with Crippen molar-refractivity contribution < 1.29 is 13.9 Å². The van der Waals surface area contributed by atoms with Crippen molar-refractivity contribution in [2.75, 3.05) is 18.9 Å². The standard InChI is InChI=1S/C14H20FNO2S/c1-9(2)18-13-8-14(12(16)7-11(13)15)19-10-3-5-17-6-4-10/h7-10H,3-6,16H2,1-2H3. The van der Waals surface area contributed by atoms with Crippen molar-refractivity contribution in [1.82, 2.24) is 0 Å². The Labute approximate surface area is 117 Å². The van der Waals surface area contributed by atoms with Crippen LogP contribution in [0.4, 0.5) is 10.1 Å². The topological polar surface area (TPSA) is 44.5 Å². The molecule has 0 spiro atoms. The second kappa shape index (κ2) is 6.48. The van der Waals surface area contributed by atoms with Gasteiger partial charge in [0.15, 0.2) is 11.6 Å². The van der Waals surface area contributed by atoms with Crippen LogP contribution < -0.4 is 10.5 Å². The van der Waals surface area contributed by atoms with Gasteiger partial charge in [-0.25, -0.2) is 4.39 Å². The van der Waals surface area contributed by atoms with E-state index in [1.807, 2.05) is 13.8 Å². The smallest absolute Gasteiger partial charge is 0.167 e. The monoisotopic (exact) mass is 285 g/mol. The Morgan fingerprint density at radius 1 is 1.37 bits per heavy atom. The molecular formula is C14H20FNO2S. The minimum absolute atomic E-state index is 0.0564. The molecule has 2 rings (SSSR count). The first-order valence-corrected chi connectivity index (χ1v) is 7.44. The Morgan fingerprint density at radius 3 is 2.68 bits per heavy atom. The number of anilines is 1. The van der Waals surface area contributed by atoms with Crippen molar-refractivity contribution in [2.45, 2.75) is 42.9 Å². The minimum Gasteiger partial charge on any atom is -0.488 e. The molecular weight excluding hydrogens is 265 g/mol. The average Bonchev–Trinajstić information content (AvgIpc) is 2.36. The van der Waals surface area contributed by atoms with Gasteiger partial charge in [-0.05, 0) is 32.8 Å². The molecule has 106 valence electrons.